The van der Waals surface area contributed by atoms with Gasteiger partial charge in [-0.25, -0.2) is 0 Å². The summed E-state index contributed by atoms with van der Waals surface area (Å²) in [5, 5.41) is 0. The lowest BCUT2D eigenvalue weighted by molar-refractivity contribution is -0.171. The van der Waals surface area contributed by atoms with Gasteiger partial charge in [0.1, 0.15) is 18.0 Å². The quantitative estimate of drug-likeness (QED) is 0.551. The van der Waals surface area contributed by atoms with Crippen molar-refractivity contribution >= 4 is 17.9 Å². The molecule has 4 rings (SSSR count). The molecule has 1 aromatic carbocycles. The predicted molar refractivity (Wildman–Crippen MR) is 109 cm³/mol. The summed E-state index contributed by atoms with van der Waals surface area (Å²) in [5.74, 6) is 0.839. The summed E-state index contributed by atoms with van der Waals surface area (Å²) in [6, 6.07) is 5.99. The number of carbonyl (C=O) groups is 3. The minimum atomic E-state index is -0.391. The van der Waals surface area contributed by atoms with Gasteiger partial charge in [-0.15, -0.1) is 0 Å². The van der Waals surface area contributed by atoms with Gasteiger partial charge in [0.15, 0.2) is 0 Å². The van der Waals surface area contributed by atoms with E-state index < -0.39 is 6.10 Å². The maximum absolute atomic E-state index is 11.8. The zero-order chi connectivity index (χ0) is 21.6. The molecule has 0 radical (unpaired) electrons. The molecule has 3 aliphatic carbocycles. The molecule has 3 aliphatic rings. The number of fused-ring (bicyclic) bond motifs is 5. The highest BCUT2D eigenvalue weighted by Gasteiger charge is 2.61. The highest BCUT2D eigenvalue weighted by Crippen LogP contribution is 2.62. The van der Waals surface area contributed by atoms with Crippen LogP contribution in [-0.4, -0.2) is 30.1 Å². The number of carbonyl (C=O) groups excluding carboxylic acids is 3. The van der Waals surface area contributed by atoms with Crippen molar-refractivity contribution in [2.45, 2.75) is 77.9 Å². The second kappa shape index (κ2) is 7.71. The Hall–Kier alpha value is -2.37. The molecule has 0 aliphatic heterocycles. The van der Waals surface area contributed by atoms with Gasteiger partial charge in [-0.2, -0.15) is 0 Å². The van der Waals surface area contributed by atoms with E-state index >= 15 is 0 Å². The van der Waals surface area contributed by atoms with Gasteiger partial charge < -0.3 is 14.2 Å². The highest BCUT2D eigenvalue weighted by molar-refractivity contribution is 5.69. The first-order valence-electron chi connectivity index (χ1n) is 10.8. The lowest BCUT2D eigenvalue weighted by Gasteiger charge is -2.50. The van der Waals surface area contributed by atoms with Crippen LogP contribution in [0.4, 0.5) is 0 Å². The van der Waals surface area contributed by atoms with Crippen LogP contribution in [0.5, 0.6) is 5.75 Å². The van der Waals surface area contributed by atoms with E-state index in [4.69, 9.17) is 14.2 Å². The van der Waals surface area contributed by atoms with Gasteiger partial charge >= 0.3 is 17.9 Å². The van der Waals surface area contributed by atoms with E-state index in [0.717, 1.165) is 32.1 Å². The van der Waals surface area contributed by atoms with Crippen LogP contribution in [0.1, 0.15) is 70.4 Å². The van der Waals surface area contributed by atoms with E-state index in [1.54, 1.807) is 0 Å². The van der Waals surface area contributed by atoms with E-state index in [1.165, 1.54) is 31.9 Å². The SMILES string of the molecule is CC(=O)Oc1ccc2c(c1)CC[C@@H]1[C@@H]2CC[C@@]2(C)[C@@H]1C[C@@H](OC(C)=O)[C@H]2OC(C)=O. The van der Waals surface area contributed by atoms with Gasteiger partial charge in [0.25, 0.3) is 0 Å². The Morgan fingerprint density at radius 3 is 2.40 bits per heavy atom. The molecule has 6 nitrogen and oxygen atoms in total. The van der Waals surface area contributed by atoms with E-state index in [2.05, 4.69) is 13.0 Å². The number of hydrogen-bond donors (Lipinski definition) is 0. The van der Waals surface area contributed by atoms with Crippen molar-refractivity contribution in [1.82, 2.24) is 0 Å². The number of esters is 3. The molecule has 6 atom stereocenters. The minimum absolute atomic E-state index is 0.192. The Balaban J connectivity index is 1.62. The van der Waals surface area contributed by atoms with E-state index in [0.29, 0.717) is 23.5 Å². The third-order valence-electron chi connectivity index (χ3n) is 7.48. The molecular weight excluding hydrogens is 384 g/mol. The second-order valence-electron chi connectivity index (χ2n) is 9.33. The molecule has 2 saturated carbocycles. The second-order valence-corrected chi connectivity index (χ2v) is 9.33. The zero-order valence-corrected chi connectivity index (χ0v) is 18.1. The van der Waals surface area contributed by atoms with Crippen molar-refractivity contribution in [2.75, 3.05) is 0 Å². The molecule has 0 heterocycles. The smallest absolute Gasteiger partial charge is 0.308 e. The first-order chi connectivity index (χ1) is 14.2. The Labute approximate surface area is 177 Å². The van der Waals surface area contributed by atoms with Crippen LogP contribution in [0.25, 0.3) is 0 Å². The van der Waals surface area contributed by atoms with Gasteiger partial charge in [-0.1, -0.05) is 13.0 Å². The van der Waals surface area contributed by atoms with Gasteiger partial charge in [-0.3, -0.25) is 14.4 Å². The van der Waals surface area contributed by atoms with Gasteiger partial charge in [-0.05, 0) is 73.1 Å². The van der Waals surface area contributed by atoms with Crippen molar-refractivity contribution in [3.05, 3.63) is 29.3 Å². The first kappa shape index (κ1) is 20.9. The summed E-state index contributed by atoms with van der Waals surface area (Å²) < 4.78 is 16.6. The molecule has 2 fully saturated rings. The molecule has 1 aromatic rings. The van der Waals surface area contributed by atoms with Crippen molar-refractivity contribution in [3.63, 3.8) is 0 Å². The number of rotatable bonds is 3. The molecular formula is C24H30O6. The fourth-order valence-corrected chi connectivity index (χ4v) is 6.44. The summed E-state index contributed by atoms with van der Waals surface area (Å²) in [6.45, 7) is 6.45. The average Bonchev–Trinajstić information content (AvgIpc) is 2.92. The monoisotopic (exact) mass is 414 g/mol. The molecule has 0 unspecified atom stereocenters. The summed E-state index contributed by atoms with van der Waals surface area (Å²) in [7, 11) is 0. The first-order valence-corrected chi connectivity index (χ1v) is 10.8. The molecule has 0 aromatic heterocycles. The van der Waals surface area contributed by atoms with Crippen LogP contribution >= 0.6 is 0 Å². The van der Waals surface area contributed by atoms with Crippen LogP contribution in [0.3, 0.4) is 0 Å². The molecule has 30 heavy (non-hydrogen) atoms. The lowest BCUT2D eigenvalue weighted by atomic mass is 9.55. The van der Waals surface area contributed by atoms with E-state index in [-0.39, 0.29) is 29.4 Å². The van der Waals surface area contributed by atoms with E-state index in [1.807, 2.05) is 12.1 Å². The van der Waals surface area contributed by atoms with Gasteiger partial charge in [0.2, 0.25) is 0 Å². The molecule has 0 saturated heterocycles. The Morgan fingerprint density at radius 2 is 1.73 bits per heavy atom. The number of ether oxygens (including phenoxy) is 3. The topological polar surface area (TPSA) is 78.9 Å². The van der Waals surface area contributed by atoms with Crippen molar-refractivity contribution in [1.29, 1.82) is 0 Å². The highest BCUT2D eigenvalue weighted by atomic mass is 16.6. The Bertz CT molecular complexity index is 876. The van der Waals surface area contributed by atoms with Crippen LogP contribution in [0, 0.1) is 17.3 Å². The molecule has 0 spiro atoms. The normalized spacial score (nSPS) is 34.2. The molecule has 0 amide bonds. The summed E-state index contributed by atoms with van der Waals surface area (Å²) in [5.41, 5.74) is 2.40. The Morgan fingerprint density at radius 1 is 1.00 bits per heavy atom. The minimum Gasteiger partial charge on any atom is -0.459 e. The zero-order valence-electron chi connectivity index (χ0n) is 18.1. The number of benzene rings is 1. The van der Waals surface area contributed by atoms with E-state index in [9.17, 15) is 14.4 Å². The van der Waals surface area contributed by atoms with Crippen LogP contribution in [0.2, 0.25) is 0 Å². The Kier molecular flexibility index (Phi) is 5.37. The average molecular weight is 414 g/mol. The molecule has 6 heteroatoms. The fraction of sp³-hybridized carbons (Fsp3) is 0.625. The van der Waals surface area contributed by atoms with Crippen LogP contribution in [-0.2, 0) is 30.3 Å². The standard InChI is InChI=1S/C24H30O6/c1-13(25)28-17-6-8-18-16(11-17)5-7-20-19(18)9-10-24(4)21(20)12-22(29-14(2)26)23(24)30-15(3)27/h6,8,11,19-23H,5,7,9-10,12H2,1-4H3/t19-,20-,21-,22-,23-,24+/m1/s1. The van der Waals surface area contributed by atoms with Crippen molar-refractivity contribution in [3.8, 4) is 5.75 Å². The number of aryl methyl sites for hydroxylation is 1. The predicted octanol–water partition coefficient (Wildman–Crippen LogP) is 3.94. The molecule has 0 bridgehead atoms. The summed E-state index contributed by atoms with van der Waals surface area (Å²) >= 11 is 0. The number of hydrogen-bond acceptors (Lipinski definition) is 6. The van der Waals surface area contributed by atoms with Crippen molar-refractivity contribution < 1.29 is 28.6 Å². The third kappa shape index (κ3) is 3.61. The maximum Gasteiger partial charge on any atom is 0.308 e. The van der Waals surface area contributed by atoms with Gasteiger partial charge in [0, 0.05) is 26.2 Å². The molecule has 0 N–H and O–H groups in total. The fourth-order valence-electron chi connectivity index (χ4n) is 6.44. The van der Waals surface area contributed by atoms with Crippen LogP contribution in [0.15, 0.2) is 18.2 Å². The molecule has 162 valence electrons. The third-order valence-corrected chi connectivity index (χ3v) is 7.48. The van der Waals surface area contributed by atoms with Crippen LogP contribution < -0.4 is 4.74 Å². The summed E-state index contributed by atoms with van der Waals surface area (Å²) in [4.78, 5) is 34.8. The largest absolute Gasteiger partial charge is 0.459 e. The van der Waals surface area contributed by atoms with Gasteiger partial charge in [0.05, 0.1) is 0 Å². The lowest BCUT2D eigenvalue weighted by Crippen LogP contribution is -2.46. The van der Waals surface area contributed by atoms with Crippen molar-refractivity contribution in [2.24, 2.45) is 17.3 Å². The summed E-state index contributed by atoms with van der Waals surface area (Å²) in [6.07, 6.45) is 3.83. The maximum atomic E-state index is 11.8.